The van der Waals surface area contributed by atoms with Crippen LogP contribution < -0.4 is 20.4 Å². The van der Waals surface area contributed by atoms with Crippen LogP contribution in [-0.2, 0) is 42.0 Å². The van der Waals surface area contributed by atoms with Crippen molar-refractivity contribution in [1.29, 1.82) is 0 Å². The van der Waals surface area contributed by atoms with Crippen LogP contribution in [-0.4, -0.2) is 49.8 Å². The fraction of sp³-hybridized carbons (Fsp3) is 0. The largest absolute Gasteiger partial charge is 4.00 e. The molecule has 0 fully saturated rings. The van der Waals surface area contributed by atoms with E-state index in [9.17, 15) is 56.4 Å². The summed E-state index contributed by atoms with van der Waals surface area (Å²) < 4.78 is 59.9. The molecule has 0 aliphatic rings. The van der Waals surface area contributed by atoms with Crippen LogP contribution in [0.25, 0.3) is 0 Å². The Hall–Kier alpha value is -3.15. The minimum Gasteiger partial charge on any atom is -0.545 e. The minimum atomic E-state index is -4.61. The standard InChI is InChI=1S/2C8H6O7S.Ti/c2*9-7(10)5-2-1-4(16(13,14)15)3-6(5)8(11)12;/h2*1-3H,(H,9,10)(H,11,12)(H,13,14,15);/q;;+4/p-4. The molecule has 0 radical (unpaired) electrons. The van der Waals surface area contributed by atoms with Gasteiger partial charge in [0.1, 0.15) is 0 Å². The monoisotopic (exact) mass is 536 g/mol. The van der Waals surface area contributed by atoms with Gasteiger partial charge in [-0.25, -0.2) is 0 Å². The van der Waals surface area contributed by atoms with Gasteiger partial charge >= 0.3 is 21.7 Å². The predicted octanol–water partition coefficient (Wildman–Crippen LogP) is -4.68. The molecule has 0 atom stereocenters. The Kier molecular flexibility index (Phi) is 10.1. The first-order valence-corrected chi connectivity index (χ1v) is 10.4. The number of hydrogen-bond acceptors (Lipinski definition) is 12. The smallest absolute Gasteiger partial charge is 0.545 e. The number of carbonyl (C=O) groups excluding carboxylic acids is 4. The van der Waals surface area contributed by atoms with Crippen molar-refractivity contribution in [3.63, 3.8) is 0 Å². The van der Waals surface area contributed by atoms with Crippen LogP contribution in [0.1, 0.15) is 41.4 Å². The number of benzene rings is 2. The van der Waals surface area contributed by atoms with Gasteiger partial charge in [0.15, 0.2) is 0 Å². The Labute approximate surface area is 199 Å². The van der Waals surface area contributed by atoms with Crippen molar-refractivity contribution in [2.24, 2.45) is 0 Å². The number of carboxylic acid groups (broad SMARTS) is 4. The molecule has 0 spiro atoms. The van der Waals surface area contributed by atoms with Crippen LogP contribution in [0.2, 0.25) is 0 Å². The quantitative estimate of drug-likeness (QED) is 0.259. The van der Waals surface area contributed by atoms with Gasteiger partial charge in [-0.15, -0.1) is 0 Å². The van der Waals surface area contributed by atoms with Gasteiger partial charge in [-0.2, -0.15) is 16.8 Å². The summed E-state index contributed by atoms with van der Waals surface area (Å²) >= 11 is 0. The average molecular weight is 536 g/mol. The maximum atomic E-state index is 10.7. The second kappa shape index (κ2) is 11.1. The average Bonchev–Trinajstić information content (AvgIpc) is 2.65. The van der Waals surface area contributed by atoms with Gasteiger partial charge in [-0.3, -0.25) is 9.11 Å². The van der Waals surface area contributed by atoms with E-state index in [1.807, 2.05) is 0 Å². The van der Waals surface area contributed by atoms with Crippen molar-refractivity contribution in [2.75, 3.05) is 0 Å². The van der Waals surface area contributed by atoms with Crippen molar-refractivity contribution in [3.8, 4) is 0 Å². The molecule has 0 heterocycles. The maximum Gasteiger partial charge on any atom is 4.00 e. The molecule has 2 aromatic carbocycles. The molecule has 2 rings (SSSR count). The molecule has 0 saturated carbocycles. The fourth-order valence-corrected chi connectivity index (χ4v) is 3.07. The molecular formula is C16H8O14S2Ti. The SMILES string of the molecule is O=C([O-])c1ccc(S(=O)(=O)O)cc1C(=O)[O-].O=C([O-])c1ccc(S(=O)(=O)O)cc1C(=O)[O-].[Ti+4]. The molecule has 0 aromatic heterocycles. The van der Waals surface area contributed by atoms with Gasteiger partial charge in [0.2, 0.25) is 0 Å². The van der Waals surface area contributed by atoms with E-state index >= 15 is 0 Å². The van der Waals surface area contributed by atoms with E-state index in [1.54, 1.807) is 0 Å². The van der Waals surface area contributed by atoms with E-state index in [0.29, 0.717) is 24.3 Å². The van der Waals surface area contributed by atoms with Crippen molar-refractivity contribution < 1.29 is 87.3 Å². The summed E-state index contributed by atoms with van der Waals surface area (Å²) in [5.41, 5.74) is -3.22. The molecule has 172 valence electrons. The number of rotatable bonds is 6. The van der Waals surface area contributed by atoms with Gasteiger partial charge < -0.3 is 39.6 Å². The van der Waals surface area contributed by atoms with E-state index in [4.69, 9.17) is 9.11 Å². The van der Waals surface area contributed by atoms with E-state index in [2.05, 4.69) is 0 Å². The molecule has 2 N–H and O–H groups in total. The first-order chi connectivity index (χ1) is 14.5. The summed E-state index contributed by atoms with van der Waals surface area (Å²) in [6, 6.07) is 3.85. The van der Waals surface area contributed by atoms with Crippen molar-refractivity contribution in [2.45, 2.75) is 9.79 Å². The zero-order valence-corrected chi connectivity index (χ0v) is 18.8. The van der Waals surface area contributed by atoms with Crippen molar-refractivity contribution in [1.82, 2.24) is 0 Å². The van der Waals surface area contributed by atoms with Gasteiger partial charge in [0.05, 0.1) is 33.7 Å². The van der Waals surface area contributed by atoms with E-state index < -0.39 is 76.2 Å². The Morgan fingerprint density at radius 2 is 0.788 bits per heavy atom. The van der Waals surface area contributed by atoms with Crippen molar-refractivity contribution >= 4 is 44.1 Å². The Morgan fingerprint density at radius 3 is 0.970 bits per heavy atom. The molecule has 0 unspecified atom stereocenters. The van der Waals surface area contributed by atoms with Crippen LogP contribution in [0.4, 0.5) is 0 Å². The van der Waals surface area contributed by atoms with Gasteiger partial charge in [-0.1, -0.05) is 12.1 Å². The summed E-state index contributed by atoms with van der Waals surface area (Å²) in [5.74, 6) is -7.35. The molecule has 0 saturated heterocycles. The summed E-state index contributed by atoms with van der Waals surface area (Å²) in [7, 11) is -9.21. The summed E-state index contributed by atoms with van der Waals surface area (Å²) in [4.78, 5) is 40.5. The summed E-state index contributed by atoms with van der Waals surface area (Å²) in [6.07, 6.45) is 0. The zero-order chi connectivity index (χ0) is 25.0. The molecule has 0 amide bonds. The number of hydrogen-bond donors (Lipinski definition) is 2. The van der Waals surface area contributed by atoms with E-state index in [0.717, 1.165) is 12.1 Å². The van der Waals surface area contributed by atoms with E-state index in [-0.39, 0.29) is 21.7 Å². The molecule has 2 aromatic rings. The summed E-state index contributed by atoms with van der Waals surface area (Å²) in [5, 5.41) is 42.0. The molecule has 0 aliphatic heterocycles. The second-order valence-electron chi connectivity index (χ2n) is 5.51. The van der Waals surface area contributed by atoms with Crippen LogP contribution >= 0.6 is 0 Å². The fourth-order valence-electron chi connectivity index (χ4n) is 2.06. The summed E-state index contributed by atoms with van der Waals surface area (Å²) in [6.45, 7) is 0. The van der Waals surface area contributed by atoms with Gasteiger partial charge in [0.25, 0.3) is 20.2 Å². The topological polar surface area (TPSA) is 269 Å². The minimum absolute atomic E-state index is 0. The number of carboxylic acids is 4. The van der Waals surface area contributed by atoms with Crippen LogP contribution in [0, 0.1) is 0 Å². The second-order valence-corrected chi connectivity index (χ2v) is 8.36. The van der Waals surface area contributed by atoms with Gasteiger partial charge in [-0.05, 0) is 24.3 Å². The maximum absolute atomic E-state index is 10.7. The molecular weight excluding hydrogens is 528 g/mol. The van der Waals surface area contributed by atoms with Crippen LogP contribution in [0.15, 0.2) is 46.2 Å². The number of aromatic carboxylic acids is 4. The molecule has 14 nitrogen and oxygen atoms in total. The zero-order valence-electron chi connectivity index (χ0n) is 15.6. The molecule has 0 aliphatic carbocycles. The first kappa shape index (κ1) is 29.9. The Balaban J connectivity index is 0.000000602. The van der Waals surface area contributed by atoms with Crippen LogP contribution in [0.3, 0.4) is 0 Å². The van der Waals surface area contributed by atoms with Crippen LogP contribution in [0.5, 0.6) is 0 Å². The first-order valence-electron chi connectivity index (χ1n) is 7.55. The third-order valence-corrected chi connectivity index (χ3v) is 5.16. The Bertz CT molecular complexity index is 1230. The molecule has 0 bridgehead atoms. The predicted molar refractivity (Wildman–Crippen MR) is 89.8 cm³/mol. The van der Waals surface area contributed by atoms with Crippen molar-refractivity contribution in [3.05, 3.63) is 58.7 Å². The third-order valence-electron chi connectivity index (χ3n) is 3.46. The van der Waals surface area contributed by atoms with Gasteiger partial charge in [0, 0.05) is 22.3 Å². The third kappa shape index (κ3) is 8.05. The molecule has 17 heteroatoms. The van der Waals surface area contributed by atoms with E-state index in [1.165, 1.54) is 0 Å². The molecule has 33 heavy (non-hydrogen) atoms. The normalized spacial score (nSPS) is 10.7. The number of carbonyl (C=O) groups is 4. The Morgan fingerprint density at radius 1 is 0.545 bits per heavy atom.